The van der Waals surface area contributed by atoms with Crippen LogP contribution in [0.15, 0.2) is 43.4 Å². The molecule has 11 heteroatoms. The zero-order valence-electron chi connectivity index (χ0n) is 16.3. The van der Waals surface area contributed by atoms with Crippen LogP contribution in [0.4, 0.5) is 10.8 Å². The lowest BCUT2D eigenvalue weighted by atomic mass is 10.2. The van der Waals surface area contributed by atoms with Gasteiger partial charge in [0.25, 0.3) is 5.56 Å². The van der Waals surface area contributed by atoms with Crippen molar-refractivity contribution in [3.63, 3.8) is 0 Å². The number of anilines is 2. The van der Waals surface area contributed by atoms with Crippen LogP contribution in [-0.2, 0) is 20.6 Å². The SMILES string of the molecule is CCn1c(Sc2nnc(Nc3ccc(C)cc3)s2)nc2c1c(=O)n(C)c(=O)n2C. The molecule has 0 radical (unpaired) electrons. The summed E-state index contributed by atoms with van der Waals surface area (Å²) in [6.07, 6.45) is 0. The summed E-state index contributed by atoms with van der Waals surface area (Å²) in [5.74, 6) is 0. The highest BCUT2D eigenvalue weighted by atomic mass is 32.2. The maximum atomic E-state index is 12.6. The van der Waals surface area contributed by atoms with Crippen molar-refractivity contribution in [1.82, 2.24) is 28.9 Å². The Morgan fingerprint density at radius 1 is 1.10 bits per heavy atom. The first-order valence-electron chi connectivity index (χ1n) is 8.90. The number of benzene rings is 1. The van der Waals surface area contributed by atoms with Gasteiger partial charge in [0.15, 0.2) is 20.7 Å². The molecule has 0 fully saturated rings. The highest BCUT2D eigenvalue weighted by Crippen LogP contribution is 2.33. The Hall–Kier alpha value is -2.92. The van der Waals surface area contributed by atoms with Gasteiger partial charge in [0, 0.05) is 26.3 Å². The molecular weight excluding hydrogens is 410 g/mol. The number of hydrogen-bond donors (Lipinski definition) is 1. The van der Waals surface area contributed by atoms with E-state index < -0.39 is 5.69 Å². The van der Waals surface area contributed by atoms with Gasteiger partial charge in [-0.15, -0.1) is 10.2 Å². The summed E-state index contributed by atoms with van der Waals surface area (Å²) in [5.41, 5.74) is 2.13. The van der Waals surface area contributed by atoms with E-state index >= 15 is 0 Å². The summed E-state index contributed by atoms with van der Waals surface area (Å²) < 4.78 is 4.97. The van der Waals surface area contributed by atoms with E-state index in [1.807, 2.05) is 38.1 Å². The average Bonchev–Trinajstić information content (AvgIpc) is 3.31. The second-order valence-corrected chi connectivity index (χ2v) is 8.67. The summed E-state index contributed by atoms with van der Waals surface area (Å²) in [6, 6.07) is 8.01. The minimum atomic E-state index is -0.402. The van der Waals surface area contributed by atoms with E-state index in [-0.39, 0.29) is 5.56 Å². The van der Waals surface area contributed by atoms with Crippen LogP contribution >= 0.6 is 23.1 Å². The van der Waals surface area contributed by atoms with E-state index in [1.54, 1.807) is 11.6 Å². The van der Waals surface area contributed by atoms with Gasteiger partial charge in [0.1, 0.15) is 0 Å². The molecule has 3 aromatic heterocycles. The standard InChI is InChI=1S/C18H19N7O2S2/c1-5-25-12-13(23(3)18(27)24(4)14(12)26)20-16(25)29-17-22-21-15(28-17)19-11-8-6-10(2)7-9-11/h6-9H,5H2,1-4H3,(H,19,21). The van der Waals surface area contributed by atoms with Gasteiger partial charge in [0.2, 0.25) is 5.13 Å². The first-order chi connectivity index (χ1) is 13.9. The zero-order valence-corrected chi connectivity index (χ0v) is 18.0. The Balaban J connectivity index is 1.68. The first-order valence-corrected chi connectivity index (χ1v) is 10.5. The Morgan fingerprint density at radius 2 is 1.83 bits per heavy atom. The quantitative estimate of drug-likeness (QED) is 0.520. The molecule has 4 aromatic rings. The van der Waals surface area contributed by atoms with E-state index in [4.69, 9.17) is 0 Å². The van der Waals surface area contributed by atoms with E-state index in [2.05, 4.69) is 20.5 Å². The lowest BCUT2D eigenvalue weighted by Crippen LogP contribution is -2.37. The van der Waals surface area contributed by atoms with Crippen LogP contribution in [0.25, 0.3) is 11.2 Å². The van der Waals surface area contributed by atoms with Gasteiger partial charge in [0.05, 0.1) is 0 Å². The minimum absolute atomic E-state index is 0.358. The Bertz CT molecular complexity index is 1320. The van der Waals surface area contributed by atoms with E-state index in [9.17, 15) is 9.59 Å². The number of fused-ring (bicyclic) bond motifs is 1. The summed E-state index contributed by atoms with van der Waals surface area (Å²) in [7, 11) is 3.08. The molecule has 0 atom stereocenters. The van der Waals surface area contributed by atoms with Crippen molar-refractivity contribution in [2.75, 3.05) is 5.32 Å². The second-order valence-electron chi connectivity index (χ2n) is 6.48. The molecule has 0 aliphatic rings. The van der Waals surface area contributed by atoms with E-state index in [0.717, 1.165) is 10.3 Å². The molecule has 1 N–H and O–H groups in total. The smallest absolute Gasteiger partial charge is 0.330 e. The Morgan fingerprint density at radius 3 is 2.52 bits per heavy atom. The minimum Gasteiger partial charge on any atom is -0.330 e. The normalized spacial score (nSPS) is 11.3. The molecule has 0 saturated carbocycles. The summed E-state index contributed by atoms with van der Waals surface area (Å²) in [5, 5.41) is 12.9. The van der Waals surface area contributed by atoms with Crippen LogP contribution in [0.5, 0.6) is 0 Å². The van der Waals surface area contributed by atoms with Crippen LogP contribution in [0.1, 0.15) is 12.5 Å². The maximum Gasteiger partial charge on any atom is 0.332 e. The zero-order chi connectivity index (χ0) is 20.7. The molecule has 0 amide bonds. The fourth-order valence-electron chi connectivity index (χ4n) is 2.94. The van der Waals surface area contributed by atoms with Gasteiger partial charge >= 0.3 is 5.69 Å². The molecule has 0 aliphatic heterocycles. The van der Waals surface area contributed by atoms with Crippen molar-refractivity contribution in [2.45, 2.75) is 29.9 Å². The van der Waals surface area contributed by atoms with Gasteiger partial charge in [-0.3, -0.25) is 13.9 Å². The Labute approximate surface area is 174 Å². The molecule has 29 heavy (non-hydrogen) atoms. The fourth-order valence-corrected chi connectivity index (χ4v) is 4.76. The molecule has 0 bridgehead atoms. The van der Waals surface area contributed by atoms with Crippen LogP contribution in [0.3, 0.4) is 0 Å². The highest BCUT2D eigenvalue weighted by molar-refractivity contribution is 8.01. The number of aromatic nitrogens is 6. The number of nitrogens with one attached hydrogen (secondary N) is 1. The number of imidazole rings is 1. The van der Waals surface area contributed by atoms with Crippen molar-refractivity contribution in [1.29, 1.82) is 0 Å². The third-order valence-corrected chi connectivity index (χ3v) is 6.40. The van der Waals surface area contributed by atoms with Crippen molar-refractivity contribution >= 4 is 45.1 Å². The fraction of sp³-hybridized carbons (Fsp3) is 0.278. The summed E-state index contributed by atoms with van der Waals surface area (Å²) in [6.45, 7) is 4.51. The van der Waals surface area contributed by atoms with E-state index in [1.165, 1.54) is 40.3 Å². The molecule has 0 unspecified atom stereocenters. The van der Waals surface area contributed by atoms with Gasteiger partial charge < -0.3 is 9.88 Å². The first kappa shape index (κ1) is 19.4. The lowest BCUT2D eigenvalue weighted by molar-refractivity contribution is 0.684. The number of aryl methyl sites for hydroxylation is 3. The van der Waals surface area contributed by atoms with Crippen LogP contribution < -0.4 is 16.6 Å². The summed E-state index contributed by atoms with van der Waals surface area (Å²) in [4.78, 5) is 29.4. The van der Waals surface area contributed by atoms with Gasteiger partial charge in [-0.25, -0.2) is 9.78 Å². The Kier molecular flexibility index (Phi) is 5.01. The van der Waals surface area contributed by atoms with Gasteiger partial charge in [-0.05, 0) is 37.7 Å². The maximum absolute atomic E-state index is 12.6. The molecule has 9 nitrogen and oxygen atoms in total. The second kappa shape index (κ2) is 7.48. The summed E-state index contributed by atoms with van der Waals surface area (Å²) >= 11 is 2.72. The van der Waals surface area contributed by atoms with Crippen molar-refractivity contribution in [2.24, 2.45) is 14.1 Å². The van der Waals surface area contributed by atoms with Gasteiger partial charge in [-0.1, -0.05) is 29.0 Å². The largest absolute Gasteiger partial charge is 0.332 e. The number of hydrogen-bond acceptors (Lipinski definition) is 8. The molecule has 0 aliphatic carbocycles. The molecular formula is C18H19N7O2S2. The molecule has 3 heterocycles. The van der Waals surface area contributed by atoms with Crippen LogP contribution in [0, 0.1) is 6.92 Å². The highest BCUT2D eigenvalue weighted by Gasteiger charge is 2.20. The predicted octanol–water partition coefficient (Wildman–Crippen LogP) is 2.51. The third kappa shape index (κ3) is 3.47. The van der Waals surface area contributed by atoms with Crippen molar-refractivity contribution < 1.29 is 0 Å². The molecule has 0 saturated heterocycles. The molecule has 4 rings (SSSR count). The van der Waals surface area contributed by atoms with Crippen LogP contribution in [-0.4, -0.2) is 28.9 Å². The molecule has 0 spiro atoms. The van der Waals surface area contributed by atoms with Crippen molar-refractivity contribution in [3.05, 3.63) is 50.7 Å². The average molecular weight is 430 g/mol. The van der Waals surface area contributed by atoms with E-state index in [0.29, 0.717) is 32.3 Å². The van der Waals surface area contributed by atoms with Crippen LogP contribution in [0.2, 0.25) is 0 Å². The third-order valence-electron chi connectivity index (χ3n) is 4.52. The molecule has 150 valence electrons. The number of nitrogens with zero attached hydrogens (tertiary/aromatic N) is 6. The number of rotatable bonds is 5. The topological polar surface area (TPSA) is 99.6 Å². The molecule has 1 aromatic carbocycles. The monoisotopic (exact) mass is 429 g/mol. The van der Waals surface area contributed by atoms with Gasteiger partial charge in [-0.2, -0.15) is 0 Å². The lowest BCUT2D eigenvalue weighted by Gasteiger charge is -2.05. The van der Waals surface area contributed by atoms with Crippen molar-refractivity contribution in [3.8, 4) is 0 Å². The predicted molar refractivity (Wildman–Crippen MR) is 114 cm³/mol.